The van der Waals surface area contributed by atoms with Crippen LogP contribution >= 0.6 is 11.6 Å². The Kier molecular flexibility index (Phi) is 7.74. The summed E-state index contributed by atoms with van der Waals surface area (Å²) in [5, 5.41) is 9.76. The van der Waals surface area contributed by atoms with E-state index in [1.165, 1.54) is 0 Å². The second kappa shape index (κ2) is 9.30. The van der Waals surface area contributed by atoms with Crippen molar-refractivity contribution < 1.29 is 14.7 Å². The summed E-state index contributed by atoms with van der Waals surface area (Å²) in [6, 6.07) is 7.05. The molecule has 0 radical (unpaired) electrons. The SMILES string of the molecule is CCCC[C@H](C(=O)O)[C@H](C)CC(=O)NNc1ccccc1Cl. The van der Waals surface area contributed by atoms with Gasteiger partial charge in [0, 0.05) is 6.42 Å². The molecule has 1 rings (SSSR count). The molecule has 5 nitrogen and oxygen atoms in total. The van der Waals surface area contributed by atoms with Gasteiger partial charge in [0.15, 0.2) is 0 Å². The summed E-state index contributed by atoms with van der Waals surface area (Å²) in [6.07, 6.45) is 2.54. The minimum absolute atomic E-state index is 0.151. The average Bonchev–Trinajstić information content (AvgIpc) is 2.46. The molecule has 1 aromatic carbocycles. The van der Waals surface area contributed by atoms with Crippen molar-refractivity contribution >= 4 is 29.2 Å². The molecule has 2 atom stereocenters. The van der Waals surface area contributed by atoms with Crippen LogP contribution in [0.4, 0.5) is 5.69 Å². The Hall–Kier alpha value is -1.75. The van der Waals surface area contributed by atoms with Crippen LogP contribution in [-0.2, 0) is 9.59 Å². The zero-order chi connectivity index (χ0) is 16.5. The van der Waals surface area contributed by atoms with E-state index in [9.17, 15) is 14.7 Å². The Balaban J connectivity index is 2.49. The Morgan fingerprint density at radius 1 is 1.32 bits per heavy atom. The number of amides is 1. The number of para-hydroxylation sites is 1. The standard InChI is InChI=1S/C16H23ClN2O3/c1-3-4-7-12(16(21)22)11(2)10-15(20)19-18-14-9-6-5-8-13(14)17/h5-6,8-9,11-12,18H,3-4,7,10H2,1-2H3,(H,19,20)(H,21,22)/t11-,12+/m1/s1. The van der Waals surface area contributed by atoms with Crippen LogP contribution in [0.2, 0.25) is 5.02 Å². The Morgan fingerprint density at radius 2 is 2.00 bits per heavy atom. The highest BCUT2D eigenvalue weighted by molar-refractivity contribution is 6.33. The lowest BCUT2D eigenvalue weighted by Gasteiger charge is -2.20. The molecule has 0 aliphatic rings. The summed E-state index contributed by atoms with van der Waals surface area (Å²) >= 11 is 5.97. The normalized spacial score (nSPS) is 13.2. The van der Waals surface area contributed by atoms with Crippen LogP contribution in [-0.4, -0.2) is 17.0 Å². The van der Waals surface area contributed by atoms with Gasteiger partial charge in [-0.15, -0.1) is 0 Å². The summed E-state index contributed by atoms with van der Waals surface area (Å²) in [6.45, 7) is 3.81. The van der Waals surface area contributed by atoms with Crippen LogP contribution < -0.4 is 10.9 Å². The van der Waals surface area contributed by atoms with Gasteiger partial charge in [-0.25, -0.2) is 0 Å². The topological polar surface area (TPSA) is 78.4 Å². The predicted octanol–water partition coefficient (Wildman–Crippen LogP) is 3.70. The number of hydrogen-bond acceptors (Lipinski definition) is 3. The molecule has 0 fully saturated rings. The second-order valence-corrected chi connectivity index (χ2v) is 5.83. The van der Waals surface area contributed by atoms with E-state index in [0.717, 1.165) is 12.8 Å². The molecule has 22 heavy (non-hydrogen) atoms. The quantitative estimate of drug-likeness (QED) is 0.605. The molecule has 1 amide bonds. The smallest absolute Gasteiger partial charge is 0.306 e. The fraction of sp³-hybridized carbons (Fsp3) is 0.500. The number of carboxylic acid groups (broad SMARTS) is 1. The highest BCUT2D eigenvalue weighted by Crippen LogP contribution is 2.22. The molecule has 3 N–H and O–H groups in total. The molecule has 0 aliphatic carbocycles. The van der Waals surface area contributed by atoms with Gasteiger partial charge in [0.25, 0.3) is 0 Å². The van der Waals surface area contributed by atoms with Crippen molar-refractivity contribution in [2.75, 3.05) is 5.43 Å². The number of benzene rings is 1. The van der Waals surface area contributed by atoms with Crippen LogP contribution in [0.15, 0.2) is 24.3 Å². The van der Waals surface area contributed by atoms with Crippen LogP contribution in [0.25, 0.3) is 0 Å². The van der Waals surface area contributed by atoms with Crippen molar-refractivity contribution in [1.29, 1.82) is 0 Å². The van der Waals surface area contributed by atoms with E-state index < -0.39 is 11.9 Å². The first-order chi connectivity index (χ1) is 10.5. The number of carboxylic acids is 1. The number of carbonyl (C=O) groups is 2. The third-order valence-electron chi connectivity index (χ3n) is 3.59. The van der Waals surface area contributed by atoms with Crippen LogP contribution in [0.1, 0.15) is 39.5 Å². The molecule has 0 aromatic heterocycles. The Bertz CT molecular complexity index is 508. The first-order valence-electron chi connectivity index (χ1n) is 7.47. The number of rotatable bonds is 9. The summed E-state index contributed by atoms with van der Waals surface area (Å²) in [5.41, 5.74) is 5.91. The molecule has 0 bridgehead atoms. The predicted molar refractivity (Wildman–Crippen MR) is 87.6 cm³/mol. The van der Waals surface area contributed by atoms with Crippen LogP contribution in [0.5, 0.6) is 0 Å². The van der Waals surface area contributed by atoms with Crippen molar-refractivity contribution in [1.82, 2.24) is 5.43 Å². The Labute approximate surface area is 136 Å². The van der Waals surface area contributed by atoms with E-state index in [-0.39, 0.29) is 18.2 Å². The van der Waals surface area contributed by atoms with Gasteiger partial charge in [-0.2, -0.15) is 0 Å². The maximum Gasteiger partial charge on any atom is 0.306 e. The summed E-state index contributed by atoms with van der Waals surface area (Å²) < 4.78 is 0. The molecule has 1 aromatic rings. The highest BCUT2D eigenvalue weighted by atomic mass is 35.5. The number of unbranched alkanes of at least 4 members (excludes halogenated alkanes) is 1. The van der Waals surface area contributed by atoms with Crippen molar-refractivity contribution in [2.24, 2.45) is 11.8 Å². The largest absolute Gasteiger partial charge is 0.481 e. The lowest BCUT2D eigenvalue weighted by atomic mass is 9.87. The molecule has 122 valence electrons. The maximum absolute atomic E-state index is 11.9. The second-order valence-electron chi connectivity index (χ2n) is 5.42. The van der Waals surface area contributed by atoms with Crippen LogP contribution in [0, 0.1) is 11.8 Å². The lowest BCUT2D eigenvalue weighted by molar-refractivity contribution is -0.144. The zero-order valence-electron chi connectivity index (χ0n) is 12.9. The number of hydrogen-bond donors (Lipinski definition) is 3. The first-order valence-corrected chi connectivity index (χ1v) is 7.85. The van der Waals surface area contributed by atoms with Gasteiger partial charge in [-0.3, -0.25) is 20.4 Å². The van der Waals surface area contributed by atoms with Gasteiger partial charge >= 0.3 is 5.97 Å². The van der Waals surface area contributed by atoms with Gasteiger partial charge in [0.05, 0.1) is 16.6 Å². The number of nitrogens with one attached hydrogen (secondary N) is 2. The number of anilines is 1. The van der Waals surface area contributed by atoms with Gasteiger partial charge < -0.3 is 5.11 Å². The monoisotopic (exact) mass is 326 g/mol. The molecule has 0 spiro atoms. The number of aliphatic carboxylic acids is 1. The van der Waals surface area contributed by atoms with E-state index in [0.29, 0.717) is 17.1 Å². The molecule has 6 heteroatoms. The number of halogens is 1. The Morgan fingerprint density at radius 3 is 2.59 bits per heavy atom. The fourth-order valence-electron chi connectivity index (χ4n) is 2.26. The molecular formula is C16H23ClN2O3. The number of hydrazine groups is 1. The van der Waals surface area contributed by atoms with E-state index in [1.807, 2.05) is 6.92 Å². The zero-order valence-corrected chi connectivity index (χ0v) is 13.7. The van der Waals surface area contributed by atoms with Gasteiger partial charge in [0.2, 0.25) is 5.91 Å². The summed E-state index contributed by atoms with van der Waals surface area (Å²) in [7, 11) is 0. The van der Waals surface area contributed by atoms with E-state index in [2.05, 4.69) is 10.9 Å². The van der Waals surface area contributed by atoms with E-state index in [4.69, 9.17) is 11.6 Å². The van der Waals surface area contributed by atoms with Gasteiger partial charge in [-0.05, 0) is 24.5 Å². The molecule has 0 saturated heterocycles. The minimum atomic E-state index is -0.840. The van der Waals surface area contributed by atoms with Gasteiger partial charge in [0.1, 0.15) is 0 Å². The van der Waals surface area contributed by atoms with Crippen molar-refractivity contribution in [3.8, 4) is 0 Å². The minimum Gasteiger partial charge on any atom is -0.481 e. The molecule has 0 heterocycles. The van der Waals surface area contributed by atoms with E-state index >= 15 is 0 Å². The van der Waals surface area contributed by atoms with Crippen molar-refractivity contribution in [2.45, 2.75) is 39.5 Å². The lowest BCUT2D eigenvalue weighted by Crippen LogP contribution is -2.33. The number of carbonyl (C=O) groups excluding carboxylic acids is 1. The third-order valence-corrected chi connectivity index (χ3v) is 3.92. The average molecular weight is 327 g/mol. The van der Waals surface area contributed by atoms with Crippen molar-refractivity contribution in [3.63, 3.8) is 0 Å². The van der Waals surface area contributed by atoms with E-state index in [1.54, 1.807) is 31.2 Å². The highest BCUT2D eigenvalue weighted by Gasteiger charge is 2.25. The van der Waals surface area contributed by atoms with Crippen LogP contribution in [0.3, 0.4) is 0 Å². The fourth-order valence-corrected chi connectivity index (χ4v) is 2.44. The molecule has 0 aliphatic heterocycles. The summed E-state index contributed by atoms with van der Waals surface area (Å²) in [4.78, 5) is 23.2. The maximum atomic E-state index is 11.9. The van der Waals surface area contributed by atoms with Crippen molar-refractivity contribution in [3.05, 3.63) is 29.3 Å². The third kappa shape index (κ3) is 5.93. The molecular weight excluding hydrogens is 304 g/mol. The summed E-state index contributed by atoms with van der Waals surface area (Å²) in [5.74, 6) is -1.81. The molecule has 0 saturated carbocycles. The molecule has 0 unspecified atom stereocenters. The first kappa shape index (κ1) is 18.3. The van der Waals surface area contributed by atoms with Gasteiger partial charge in [-0.1, -0.05) is 50.4 Å².